The average molecular weight is 264 g/mol. The molecule has 1 unspecified atom stereocenters. The molecule has 2 nitrogen and oxygen atoms in total. The Morgan fingerprint density at radius 2 is 1.68 bits per heavy atom. The molecule has 0 aromatic carbocycles. The summed E-state index contributed by atoms with van der Waals surface area (Å²) in [6.07, 6.45) is 14.7. The molecule has 2 aliphatic carbocycles. The highest BCUT2D eigenvalue weighted by Crippen LogP contribution is 2.39. The number of nitrogens with one attached hydrogen (secondary N) is 1. The van der Waals surface area contributed by atoms with Crippen LogP contribution >= 0.6 is 0 Å². The Labute approximate surface area is 119 Å². The van der Waals surface area contributed by atoms with Crippen molar-refractivity contribution >= 4 is 0 Å². The molecule has 0 aromatic rings. The van der Waals surface area contributed by atoms with Gasteiger partial charge in [0.05, 0.1) is 0 Å². The first-order valence-corrected chi connectivity index (χ1v) is 8.79. The minimum absolute atomic E-state index is 0.521. The molecular formula is C17H32N2. The van der Waals surface area contributed by atoms with Gasteiger partial charge in [-0.2, -0.15) is 0 Å². The Morgan fingerprint density at radius 1 is 1.00 bits per heavy atom. The predicted octanol–water partition coefficient (Wildman–Crippen LogP) is 3.56. The van der Waals surface area contributed by atoms with Crippen molar-refractivity contribution in [2.45, 2.75) is 82.7 Å². The zero-order chi connectivity index (χ0) is 13.1. The summed E-state index contributed by atoms with van der Waals surface area (Å²) in [5, 5.41) is 3.69. The summed E-state index contributed by atoms with van der Waals surface area (Å²) in [6, 6.07) is 0.820. The molecule has 1 saturated heterocycles. The van der Waals surface area contributed by atoms with E-state index in [0.29, 0.717) is 5.54 Å². The molecular weight excluding hydrogens is 232 g/mol. The third kappa shape index (κ3) is 2.85. The van der Waals surface area contributed by atoms with E-state index in [1.54, 1.807) is 0 Å². The predicted molar refractivity (Wildman–Crippen MR) is 81.4 cm³/mol. The lowest BCUT2D eigenvalue weighted by Gasteiger charge is -2.54. The van der Waals surface area contributed by atoms with Crippen molar-refractivity contribution in [2.24, 2.45) is 5.92 Å². The Balaban J connectivity index is 1.71. The zero-order valence-electron chi connectivity index (χ0n) is 12.8. The van der Waals surface area contributed by atoms with Crippen LogP contribution < -0.4 is 5.32 Å². The van der Waals surface area contributed by atoms with Crippen molar-refractivity contribution in [1.29, 1.82) is 0 Å². The molecule has 1 atom stereocenters. The smallest absolute Gasteiger partial charge is 0.0337 e. The maximum Gasteiger partial charge on any atom is 0.0337 e. The van der Waals surface area contributed by atoms with E-state index in [0.717, 1.165) is 12.0 Å². The first-order chi connectivity index (χ1) is 9.32. The molecule has 19 heavy (non-hydrogen) atoms. The lowest BCUT2D eigenvalue weighted by molar-refractivity contribution is -0.0256. The first-order valence-electron chi connectivity index (χ1n) is 8.79. The van der Waals surface area contributed by atoms with Crippen LogP contribution in [0.1, 0.15) is 71.1 Å². The second kappa shape index (κ2) is 6.13. The monoisotopic (exact) mass is 264 g/mol. The van der Waals surface area contributed by atoms with E-state index in [9.17, 15) is 0 Å². The van der Waals surface area contributed by atoms with Gasteiger partial charge in [-0.3, -0.25) is 4.90 Å². The highest BCUT2D eigenvalue weighted by atomic mass is 15.3. The second-order valence-electron chi connectivity index (χ2n) is 7.29. The van der Waals surface area contributed by atoms with Gasteiger partial charge in [0, 0.05) is 31.2 Å². The molecule has 1 heterocycles. The average Bonchev–Trinajstić information content (AvgIpc) is 2.49. The van der Waals surface area contributed by atoms with Gasteiger partial charge < -0.3 is 5.32 Å². The highest BCUT2D eigenvalue weighted by molar-refractivity contribution is 5.00. The minimum atomic E-state index is 0.521. The normalized spacial score (nSPS) is 31.4. The van der Waals surface area contributed by atoms with Crippen molar-refractivity contribution in [3.8, 4) is 0 Å². The van der Waals surface area contributed by atoms with Crippen LogP contribution in [0.4, 0.5) is 0 Å². The summed E-state index contributed by atoms with van der Waals surface area (Å²) < 4.78 is 0. The molecule has 2 saturated carbocycles. The fraction of sp³-hybridized carbons (Fsp3) is 1.00. The van der Waals surface area contributed by atoms with Gasteiger partial charge in [-0.1, -0.05) is 38.5 Å². The van der Waals surface area contributed by atoms with Crippen molar-refractivity contribution in [3.63, 3.8) is 0 Å². The molecule has 3 fully saturated rings. The van der Waals surface area contributed by atoms with Gasteiger partial charge in [0.1, 0.15) is 0 Å². The summed E-state index contributed by atoms with van der Waals surface area (Å²) in [6.45, 7) is 6.29. The maximum absolute atomic E-state index is 3.69. The quantitative estimate of drug-likeness (QED) is 0.820. The highest BCUT2D eigenvalue weighted by Gasteiger charge is 2.43. The van der Waals surface area contributed by atoms with Gasteiger partial charge >= 0.3 is 0 Å². The Bertz CT molecular complexity index is 269. The molecule has 1 N–H and O–H groups in total. The molecule has 0 amide bonds. The number of hydrogen-bond acceptors (Lipinski definition) is 2. The molecule has 2 heteroatoms. The van der Waals surface area contributed by atoms with Crippen LogP contribution in [0.3, 0.4) is 0 Å². The molecule has 1 aliphatic heterocycles. The van der Waals surface area contributed by atoms with Crippen LogP contribution in [0.2, 0.25) is 0 Å². The van der Waals surface area contributed by atoms with Crippen molar-refractivity contribution in [3.05, 3.63) is 0 Å². The molecule has 1 spiro atoms. The van der Waals surface area contributed by atoms with Gasteiger partial charge in [-0.25, -0.2) is 0 Å². The third-order valence-electron chi connectivity index (χ3n) is 6.20. The van der Waals surface area contributed by atoms with E-state index >= 15 is 0 Å². The number of piperazine rings is 1. The Kier molecular flexibility index (Phi) is 4.48. The van der Waals surface area contributed by atoms with Gasteiger partial charge in [-0.05, 0) is 38.5 Å². The summed E-state index contributed by atoms with van der Waals surface area (Å²) in [4.78, 5) is 2.94. The molecule has 110 valence electrons. The van der Waals surface area contributed by atoms with E-state index in [2.05, 4.69) is 17.1 Å². The Hall–Kier alpha value is -0.0800. The van der Waals surface area contributed by atoms with Gasteiger partial charge in [0.2, 0.25) is 0 Å². The van der Waals surface area contributed by atoms with Crippen LogP contribution in [0, 0.1) is 5.92 Å². The van der Waals surface area contributed by atoms with E-state index in [1.807, 2.05) is 0 Å². The van der Waals surface area contributed by atoms with Crippen molar-refractivity contribution in [2.75, 3.05) is 19.6 Å². The van der Waals surface area contributed by atoms with Gasteiger partial charge in [0.25, 0.3) is 0 Å². The van der Waals surface area contributed by atoms with Crippen LogP contribution in [0.5, 0.6) is 0 Å². The first kappa shape index (κ1) is 13.9. The SMILES string of the molecule is CC(C1CCCCC1)N1CCNCC12CCCCC2. The summed E-state index contributed by atoms with van der Waals surface area (Å²) in [5.41, 5.74) is 0.521. The third-order valence-corrected chi connectivity index (χ3v) is 6.20. The molecule has 3 rings (SSSR count). The van der Waals surface area contributed by atoms with E-state index in [-0.39, 0.29) is 0 Å². The largest absolute Gasteiger partial charge is 0.314 e. The van der Waals surface area contributed by atoms with Crippen LogP contribution in [-0.2, 0) is 0 Å². The lowest BCUT2D eigenvalue weighted by Crippen LogP contribution is -2.65. The Morgan fingerprint density at radius 3 is 2.42 bits per heavy atom. The fourth-order valence-corrected chi connectivity index (χ4v) is 5.04. The van der Waals surface area contributed by atoms with Crippen LogP contribution in [0.25, 0.3) is 0 Å². The molecule has 0 bridgehead atoms. The van der Waals surface area contributed by atoms with E-state index < -0.39 is 0 Å². The lowest BCUT2D eigenvalue weighted by atomic mass is 9.75. The number of hydrogen-bond donors (Lipinski definition) is 1. The van der Waals surface area contributed by atoms with Crippen molar-refractivity contribution < 1.29 is 0 Å². The zero-order valence-corrected chi connectivity index (χ0v) is 12.8. The molecule has 0 aromatic heterocycles. The second-order valence-corrected chi connectivity index (χ2v) is 7.29. The van der Waals surface area contributed by atoms with Gasteiger partial charge in [0.15, 0.2) is 0 Å². The summed E-state index contributed by atoms with van der Waals surface area (Å²) in [5.74, 6) is 0.977. The molecule has 3 aliphatic rings. The maximum atomic E-state index is 3.69. The molecule has 0 radical (unpaired) electrons. The minimum Gasteiger partial charge on any atom is -0.314 e. The van der Waals surface area contributed by atoms with Crippen LogP contribution in [0.15, 0.2) is 0 Å². The summed E-state index contributed by atoms with van der Waals surface area (Å²) >= 11 is 0. The summed E-state index contributed by atoms with van der Waals surface area (Å²) in [7, 11) is 0. The topological polar surface area (TPSA) is 15.3 Å². The number of rotatable bonds is 2. The fourth-order valence-electron chi connectivity index (χ4n) is 5.04. The van der Waals surface area contributed by atoms with E-state index in [1.165, 1.54) is 83.8 Å². The van der Waals surface area contributed by atoms with E-state index in [4.69, 9.17) is 0 Å². The number of nitrogens with zero attached hydrogens (tertiary/aromatic N) is 1. The van der Waals surface area contributed by atoms with Gasteiger partial charge in [-0.15, -0.1) is 0 Å². The van der Waals surface area contributed by atoms with Crippen molar-refractivity contribution in [1.82, 2.24) is 10.2 Å². The van der Waals surface area contributed by atoms with Crippen LogP contribution in [-0.4, -0.2) is 36.1 Å². The standard InChI is InChI=1S/C17H32N2/c1-15(16-8-4-2-5-9-16)19-13-12-18-14-17(19)10-6-3-7-11-17/h15-16,18H,2-14H2,1H3.